The molecule has 0 bridgehead atoms. The molecule has 2 fully saturated rings. The normalized spacial score (nSPS) is 22.5. The van der Waals surface area contributed by atoms with E-state index in [9.17, 15) is 4.79 Å². The van der Waals surface area contributed by atoms with E-state index in [0.717, 1.165) is 28.1 Å². The monoisotopic (exact) mass is 528 g/mol. The second-order valence-electron chi connectivity index (χ2n) is 9.94. The van der Waals surface area contributed by atoms with Gasteiger partial charge in [-0.25, -0.2) is 0 Å². The van der Waals surface area contributed by atoms with Crippen LogP contribution in [0.1, 0.15) is 50.7 Å². The lowest BCUT2D eigenvalue weighted by atomic mass is 9.85. The van der Waals surface area contributed by atoms with Gasteiger partial charge in [0.25, 0.3) is 5.91 Å². The summed E-state index contributed by atoms with van der Waals surface area (Å²) in [4.78, 5) is 16.7. The first-order valence-electron chi connectivity index (χ1n) is 13.6. The van der Waals surface area contributed by atoms with Crippen LogP contribution >= 0.6 is 11.8 Å². The molecule has 6 heteroatoms. The van der Waals surface area contributed by atoms with Crippen molar-refractivity contribution in [2.24, 2.45) is 5.92 Å². The molecular weight excluding hydrogens is 492 g/mol. The highest BCUT2D eigenvalue weighted by molar-refractivity contribution is 8.05. The van der Waals surface area contributed by atoms with Crippen molar-refractivity contribution in [1.82, 2.24) is 4.90 Å². The molecule has 1 aliphatic heterocycles. The van der Waals surface area contributed by atoms with E-state index in [0.29, 0.717) is 30.6 Å². The summed E-state index contributed by atoms with van der Waals surface area (Å²) in [7, 11) is 0. The lowest BCUT2D eigenvalue weighted by molar-refractivity contribution is -0.129. The van der Waals surface area contributed by atoms with Gasteiger partial charge in [0.2, 0.25) is 0 Å². The van der Waals surface area contributed by atoms with Crippen molar-refractivity contribution in [2.75, 3.05) is 11.9 Å². The summed E-state index contributed by atoms with van der Waals surface area (Å²) in [6, 6.07) is 26.4. The minimum absolute atomic E-state index is 0.101. The lowest BCUT2D eigenvalue weighted by Gasteiger charge is -2.39. The summed E-state index contributed by atoms with van der Waals surface area (Å²) < 4.78 is 12.0. The van der Waals surface area contributed by atoms with Gasteiger partial charge in [-0.05, 0) is 67.2 Å². The van der Waals surface area contributed by atoms with Gasteiger partial charge in [0.15, 0.2) is 17.0 Å². The summed E-state index contributed by atoms with van der Waals surface area (Å²) in [6.45, 7) is 5.25. The minimum Gasteiger partial charge on any atom is -0.490 e. The first kappa shape index (κ1) is 26.2. The maximum absolute atomic E-state index is 13.8. The fraction of sp³-hybridized carbons (Fsp3) is 0.344. The van der Waals surface area contributed by atoms with Crippen molar-refractivity contribution in [2.45, 2.75) is 57.7 Å². The van der Waals surface area contributed by atoms with E-state index < -0.39 is 0 Å². The molecule has 1 saturated carbocycles. The van der Waals surface area contributed by atoms with Gasteiger partial charge in [-0.15, -0.1) is 0 Å². The zero-order valence-electron chi connectivity index (χ0n) is 22.1. The van der Waals surface area contributed by atoms with Crippen LogP contribution in [0.15, 0.2) is 83.8 Å². The van der Waals surface area contributed by atoms with Gasteiger partial charge in [-0.2, -0.15) is 0 Å². The maximum Gasteiger partial charge on any atom is 0.262 e. The number of nitrogens with zero attached hydrogens (tertiary/aromatic N) is 1. The Bertz CT molecular complexity index is 1250. The summed E-state index contributed by atoms with van der Waals surface area (Å²) in [5, 5.41) is 3.61. The van der Waals surface area contributed by atoms with Crippen molar-refractivity contribution < 1.29 is 14.3 Å². The number of para-hydroxylation sites is 1. The van der Waals surface area contributed by atoms with Crippen LogP contribution in [0.3, 0.4) is 0 Å². The predicted molar refractivity (Wildman–Crippen MR) is 156 cm³/mol. The third-order valence-corrected chi connectivity index (χ3v) is 8.34. The van der Waals surface area contributed by atoms with Crippen LogP contribution in [0.5, 0.6) is 11.5 Å². The van der Waals surface area contributed by atoms with Crippen LogP contribution in [-0.4, -0.2) is 29.0 Å². The zero-order valence-corrected chi connectivity index (χ0v) is 23.0. The molecule has 0 spiro atoms. The number of carbonyl (C=O) groups excluding carboxylic acids is 1. The van der Waals surface area contributed by atoms with Gasteiger partial charge < -0.3 is 19.7 Å². The SMILES string of the molecule is CCOc1cc(/C=C2\SC(Nc3ccccc3)N([C@@H]3CCCC[C@H]3C)C2=O)ccc1OCc1ccccc1. The molecule has 5 nitrogen and oxygen atoms in total. The van der Waals surface area contributed by atoms with Crippen molar-refractivity contribution in [1.29, 1.82) is 0 Å². The second-order valence-corrected chi connectivity index (χ2v) is 11.1. The molecule has 1 saturated heterocycles. The van der Waals surface area contributed by atoms with Crippen molar-refractivity contribution >= 4 is 29.4 Å². The van der Waals surface area contributed by atoms with Gasteiger partial charge in [0.1, 0.15) is 6.61 Å². The fourth-order valence-electron chi connectivity index (χ4n) is 5.26. The Balaban J connectivity index is 1.39. The van der Waals surface area contributed by atoms with Crippen LogP contribution in [0.4, 0.5) is 5.69 Å². The smallest absolute Gasteiger partial charge is 0.262 e. The molecule has 1 heterocycles. The largest absolute Gasteiger partial charge is 0.490 e. The van der Waals surface area contributed by atoms with Crippen LogP contribution in [-0.2, 0) is 11.4 Å². The van der Waals surface area contributed by atoms with E-state index in [1.165, 1.54) is 19.3 Å². The van der Waals surface area contributed by atoms with Gasteiger partial charge in [-0.3, -0.25) is 4.79 Å². The lowest BCUT2D eigenvalue weighted by Crippen LogP contribution is -2.48. The topological polar surface area (TPSA) is 50.8 Å². The Kier molecular flexibility index (Phi) is 8.59. The average molecular weight is 529 g/mol. The summed E-state index contributed by atoms with van der Waals surface area (Å²) in [6.07, 6.45) is 6.62. The number of thioether (sulfide) groups is 1. The minimum atomic E-state index is -0.137. The van der Waals surface area contributed by atoms with E-state index >= 15 is 0 Å². The highest BCUT2D eigenvalue weighted by Gasteiger charge is 2.42. The number of ether oxygens (including phenoxy) is 2. The third kappa shape index (κ3) is 6.18. The Labute approximate surface area is 230 Å². The number of benzene rings is 3. The Morgan fingerprint density at radius 3 is 2.42 bits per heavy atom. The zero-order chi connectivity index (χ0) is 26.3. The highest BCUT2D eigenvalue weighted by atomic mass is 32.2. The predicted octanol–water partition coefficient (Wildman–Crippen LogP) is 7.56. The molecule has 2 aliphatic rings. The van der Waals surface area contributed by atoms with Gasteiger partial charge in [-0.1, -0.05) is 86.1 Å². The second kappa shape index (κ2) is 12.4. The molecule has 1 amide bonds. The van der Waals surface area contributed by atoms with Crippen LogP contribution in [0, 0.1) is 5.92 Å². The van der Waals surface area contributed by atoms with E-state index in [1.807, 2.05) is 79.7 Å². The van der Waals surface area contributed by atoms with E-state index in [4.69, 9.17) is 9.47 Å². The number of carbonyl (C=O) groups is 1. The summed E-state index contributed by atoms with van der Waals surface area (Å²) in [5.74, 6) is 1.97. The molecule has 198 valence electrons. The molecule has 0 aromatic heterocycles. The molecule has 0 radical (unpaired) electrons. The van der Waals surface area contributed by atoms with E-state index in [1.54, 1.807) is 11.8 Å². The molecule has 3 aromatic carbocycles. The van der Waals surface area contributed by atoms with Crippen LogP contribution in [0.25, 0.3) is 6.08 Å². The number of rotatable bonds is 9. The Morgan fingerprint density at radius 1 is 0.947 bits per heavy atom. The van der Waals surface area contributed by atoms with Crippen molar-refractivity contribution in [3.05, 3.63) is 94.9 Å². The van der Waals surface area contributed by atoms with Crippen LogP contribution < -0.4 is 14.8 Å². The number of nitrogens with one attached hydrogen (secondary N) is 1. The number of anilines is 1. The quantitative estimate of drug-likeness (QED) is 0.291. The summed E-state index contributed by atoms with van der Waals surface area (Å²) in [5.41, 5.74) is 2.91. The first-order chi connectivity index (χ1) is 18.6. The first-order valence-corrected chi connectivity index (χ1v) is 14.5. The molecule has 3 aromatic rings. The number of hydrogen-bond donors (Lipinski definition) is 1. The standard InChI is InChI=1S/C32H36N2O3S/c1-3-36-29-20-25(18-19-28(29)37-22-24-13-6-4-7-14-24)21-30-31(35)34(27-17-11-10-12-23(27)2)32(38-30)33-26-15-8-5-9-16-26/h4-9,13-16,18-21,23,27,32-33H,3,10-12,17,22H2,1-2H3/b30-21-/t23-,27-,32?/m1/s1. The van der Waals surface area contributed by atoms with Gasteiger partial charge in [0.05, 0.1) is 11.5 Å². The number of amides is 1. The Hall–Kier alpha value is -3.38. The van der Waals surface area contributed by atoms with Crippen molar-refractivity contribution in [3.63, 3.8) is 0 Å². The molecule has 1 unspecified atom stereocenters. The maximum atomic E-state index is 13.8. The average Bonchev–Trinajstić information content (AvgIpc) is 3.23. The molecule has 3 atom stereocenters. The molecular formula is C32H36N2O3S. The van der Waals surface area contributed by atoms with E-state index in [-0.39, 0.29) is 17.4 Å². The highest BCUT2D eigenvalue weighted by Crippen LogP contribution is 2.42. The molecule has 5 rings (SSSR count). The number of hydrogen-bond acceptors (Lipinski definition) is 5. The van der Waals surface area contributed by atoms with E-state index in [2.05, 4.69) is 29.3 Å². The Morgan fingerprint density at radius 2 is 1.68 bits per heavy atom. The van der Waals surface area contributed by atoms with Crippen molar-refractivity contribution in [3.8, 4) is 11.5 Å². The third-order valence-electron chi connectivity index (χ3n) is 7.23. The fourth-order valence-corrected chi connectivity index (χ4v) is 6.47. The molecule has 1 N–H and O–H groups in total. The van der Waals surface area contributed by atoms with Gasteiger partial charge in [0, 0.05) is 11.7 Å². The molecule has 38 heavy (non-hydrogen) atoms. The summed E-state index contributed by atoms with van der Waals surface area (Å²) >= 11 is 1.60. The van der Waals surface area contributed by atoms with Gasteiger partial charge >= 0.3 is 0 Å². The van der Waals surface area contributed by atoms with Crippen LogP contribution in [0.2, 0.25) is 0 Å². The molecule has 1 aliphatic carbocycles.